The number of nitrogens with one attached hydrogen (secondary N) is 2. The van der Waals surface area contributed by atoms with Crippen molar-refractivity contribution in [1.82, 2.24) is 25.5 Å². The minimum atomic E-state index is -0.481. The van der Waals surface area contributed by atoms with Crippen LogP contribution in [0.4, 0.5) is 5.95 Å². The zero-order valence-corrected chi connectivity index (χ0v) is 13.8. The molecule has 0 fully saturated rings. The van der Waals surface area contributed by atoms with Gasteiger partial charge in [-0.2, -0.15) is 4.80 Å². The fraction of sp³-hybridized carbons (Fsp3) is 0.250. The summed E-state index contributed by atoms with van der Waals surface area (Å²) in [5.74, 6) is -0.276. The van der Waals surface area contributed by atoms with E-state index in [4.69, 9.17) is 35.4 Å². The second-order valence-electron chi connectivity index (χ2n) is 4.22. The highest BCUT2D eigenvalue weighted by atomic mass is 35.5. The summed E-state index contributed by atoms with van der Waals surface area (Å²) in [6.45, 7) is 2.64. The average Bonchev–Trinajstić information content (AvgIpc) is 2.89. The molecule has 0 saturated heterocycles. The molecule has 0 radical (unpaired) electrons. The van der Waals surface area contributed by atoms with Crippen molar-refractivity contribution in [3.63, 3.8) is 0 Å². The van der Waals surface area contributed by atoms with Crippen LogP contribution in [0.3, 0.4) is 0 Å². The summed E-state index contributed by atoms with van der Waals surface area (Å²) in [7, 11) is 0. The summed E-state index contributed by atoms with van der Waals surface area (Å²) in [6.07, 6.45) is 0.879. The smallest absolute Gasteiger partial charge is 0.269 e. The van der Waals surface area contributed by atoms with Crippen LogP contribution >= 0.6 is 35.4 Å². The molecule has 7 nitrogen and oxygen atoms in total. The number of amides is 1. The maximum Gasteiger partial charge on any atom is 0.269 e. The number of aromatic nitrogens is 4. The summed E-state index contributed by atoms with van der Waals surface area (Å²) in [5.41, 5.74) is 0.223. The highest BCUT2D eigenvalue weighted by Gasteiger charge is 2.14. The second-order valence-corrected chi connectivity index (χ2v) is 5.41. The molecule has 1 aromatic carbocycles. The maximum absolute atomic E-state index is 12.1. The van der Waals surface area contributed by atoms with Gasteiger partial charge in [0.05, 0.1) is 22.2 Å². The Morgan fingerprint density at radius 1 is 1.41 bits per heavy atom. The van der Waals surface area contributed by atoms with Crippen LogP contribution in [0.1, 0.15) is 23.7 Å². The van der Waals surface area contributed by atoms with Gasteiger partial charge in [-0.3, -0.25) is 15.4 Å². The molecule has 116 valence electrons. The molecule has 2 rings (SSSR count). The van der Waals surface area contributed by atoms with E-state index in [1.807, 2.05) is 6.92 Å². The van der Waals surface area contributed by atoms with Crippen LogP contribution in [0.5, 0.6) is 0 Å². The first-order valence-corrected chi connectivity index (χ1v) is 7.51. The fourth-order valence-electron chi connectivity index (χ4n) is 1.57. The van der Waals surface area contributed by atoms with Crippen molar-refractivity contribution >= 4 is 52.4 Å². The average molecular weight is 359 g/mol. The summed E-state index contributed by atoms with van der Waals surface area (Å²) in [6, 6.07) is 4.76. The Balaban J connectivity index is 1.99. The fourth-order valence-corrected chi connectivity index (χ4v) is 2.14. The van der Waals surface area contributed by atoms with Gasteiger partial charge in [0.2, 0.25) is 0 Å². The van der Waals surface area contributed by atoms with Gasteiger partial charge < -0.3 is 0 Å². The van der Waals surface area contributed by atoms with Gasteiger partial charge in [-0.1, -0.05) is 41.3 Å². The number of aryl methyl sites for hydroxylation is 1. The number of benzene rings is 1. The third-order valence-electron chi connectivity index (χ3n) is 2.53. The van der Waals surface area contributed by atoms with E-state index in [0.717, 1.165) is 6.42 Å². The molecular weight excluding hydrogens is 347 g/mol. The predicted octanol–water partition coefficient (Wildman–Crippen LogP) is 2.52. The zero-order chi connectivity index (χ0) is 16.1. The Morgan fingerprint density at radius 3 is 2.91 bits per heavy atom. The van der Waals surface area contributed by atoms with Gasteiger partial charge in [-0.05, 0) is 36.0 Å². The van der Waals surface area contributed by atoms with E-state index in [0.29, 0.717) is 6.54 Å². The Hall–Kier alpha value is -1.77. The van der Waals surface area contributed by atoms with Crippen LogP contribution in [-0.2, 0) is 6.54 Å². The number of carbonyl (C=O) groups excluding carboxylic acids is 1. The second kappa shape index (κ2) is 7.48. The maximum atomic E-state index is 12.1. The Kier molecular flexibility index (Phi) is 5.64. The molecule has 2 N–H and O–H groups in total. The van der Waals surface area contributed by atoms with E-state index in [1.54, 1.807) is 18.2 Å². The monoisotopic (exact) mass is 358 g/mol. The van der Waals surface area contributed by atoms with Crippen LogP contribution in [0.2, 0.25) is 10.0 Å². The number of hydrogen-bond acceptors (Lipinski definition) is 5. The summed E-state index contributed by atoms with van der Waals surface area (Å²) < 4.78 is 0. The van der Waals surface area contributed by atoms with Crippen LogP contribution < -0.4 is 10.6 Å². The molecule has 1 aromatic heterocycles. The zero-order valence-electron chi connectivity index (χ0n) is 11.5. The van der Waals surface area contributed by atoms with E-state index in [9.17, 15) is 4.79 Å². The van der Waals surface area contributed by atoms with Crippen molar-refractivity contribution in [3.05, 3.63) is 33.8 Å². The number of rotatable bonds is 4. The third-order valence-corrected chi connectivity index (χ3v) is 3.55. The lowest BCUT2D eigenvalue weighted by Gasteiger charge is -2.08. The van der Waals surface area contributed by atoms with Gasteiger partial charge in [0, 0.05) is 0 Å². The highest BCUT2D eigenvalue weighted by molar-refractivity contribution is 7.80. The van der Waals surface area contributed by atoms with Gasteiger partial charge >= 0.3 is 0 Å². The summed E-state index contributed by atoms with van der Waals surface area (Å²) in [4.78, 5) is 13.5. The number of nitrogens with zero attached hydrogens (tertiary/aromatic N) is 4. The van der Waals surface area contributed by atoms with Crippen LogP contribution in [0, 0.1) is 0 Å². The molecule has 1 amide bonds. The molecule has 22 heavy (non-hydrogen) atoms. The molecular formula is C12H12Cl2N6OS. The molecule has 10 heteroatoms. The normalized spacial score (nSPS) is 10.3. The predicted molar refractivity (Wildman–Crippen MR) is 88.3 cm³/mol. The SMILES string of the molecule is CCCn1nnc(NC(=S)NC(=O)c2cccc(Cl)c2Cl)n1. The van der Waals surface area contributed by atoms with Gasteiger partial charge in [0.1, 0.15) is 0 Å². The Labute approximate surface area is 142 Å². The van der Waals surface area contributed by atoms with Crippen molar-refractivity contribution < 1.29 is 4.79 Å². The van der Waals surface area contributed by atoms with Gasteiger partial charge in [0.15, 0.2) is 5.11 Å². The Morgan fingerprint density at radius 2 is 2.18 bits per heavy atom. The minimum absolute atomic E-state index is 0.0390. The van der Waals surface area contributed by atoms with Gasteiger partial charge in [-0.25, -0.2) is 0 Å². The number of halogens is 2. The molecule has 0 aliphatic rings. The van der Waals surface area contributed by atoms with Crippen LogP contribution in [0.15, 0.2) is 18.2 Å². The number of anilines is 1. The van der Waals surface area contributed by atoms with Crippen molar-refractivity contribution in [2.45, 2.75) is 19.9 Å². The molecule has 0 aliphatic heterocycles. The molecule has 0 saturated carbocycles. The molecule has 0 bridgehead atoms. The van der Waals surface area contributed by atoms with E-state index in [1.165, 1.54) is 4.80 Å². The highest BCUT2D eigenvalue weighted by Crippen LogP contribution is 2.25. The first-order valence-electron chi connectivity index (χ1n) is 6.35. The van der Waals surface area contributed by atoms with Gasteiger partial charge in [-0.15, -0.1) is 5.10 Å². The first kappa shape index (κ1) is 16.6. The lowest BCUT2D eigenvalue weighted by Crippen LogP contribution is -2.34. The third kappa shape index (κ3) is 4.12. The minimum Gasteiger partial charge on any atom is -0.299 e. The van der Waals surface area contributed by atoms with Crippen molar-refractivity contribution in [1.29, 1.82) is 0 Å². The molecule has 0 aliphatic carbocycles. The molecule has 0 unspecified atom stereocenters. The van der Waals surface area contributed by atoms with E-state index < -0.39 is 5.91 Å². The largest absolute Gasteiger partial charge is 0.299 e. The topological polar surface area (TPSA) is 84.7 Å². The number of hydrogen-bond donors (Lipinski definition) is 2. The number of carbonyl (C=O) groups is 1. The lowest BCUT2D eigenvalue weighted by atomic mass is 10.2. The molecule has 0 spiro atoms. The number of thiocarbonyl (C=S) groups is 1. The quantitative estimate of drug-likeness (QED) is 0.816. The van der Waals surface area contributed by atoms with Crippen LogP contribution in [0.25, 0.3) is 0 Å². The first-order chi connectivity index (χ1) is 10.5. The van der Waals surface area contributed by atoms with Crippen molar-refractivity contribution in [2.24, 2.45) is 0 Å². The van der Waals surface area contributed by atoms with E-state index in [-0.39, 0.29) is 26.7 Å². The van der Waals surface area contributed by atoms with Crippen molar-refractivity contribution in [3.8, 4) is 0 Å². The van der Waals surface area contributed by atoms with E-state index >= 15 is 0 Å². The standard InChI is InChI=1S/C12H12Cl2N6OS/c1-2-6-20-18-11(17-19-20)16-12(22)15-10(21)7-4-3-5-8(13)9(7)14/h3-5H,2,6H2,1H3,(H2,15,16,18,21,22). The molecule has 1 heterocycles. The Bertz CT molecular complexity index is 705. The van der Waals surface area contributed by atoms with E-state index in [2.05, 4.69) is 26.0 Å². The molecule has 2 aromatic rings. The summed E-state index contributed by atoms with van der Waals surface area (Å²) in [5, 5.41) is 17.3. The number of tetrazole rings is 1. The van der Waals surface area contributed by atoms with Crippen LogP contribution in [-0.4, -0.2) is 31.2 Å². The van der Waals surface area contributed by atoms with Gasteiger partial charge in [0.25, 0.3) is 11.9 Å². The molecule has 0 atom stereocenters. The van der Waals surface area contributed by atoms with Crippen molar-refractivity contribution in [2.75, 3.05) is 5.32 Å². The summed E-state index contributed by atoms with van der Waals surface area (Å²) >= 11 is 16.9. The lowest BCUT2D eigenvalue weighted by molar-refractivity contribution is 0.0978.